The van der Waals surface area contributed by atoms with Gasteiger partial charge in [-0.2, -0.15) is 0 Å². The fourth-order valence-corrected chi connectivity index (χ4v) is 1.62. The van der Waals surface area contributed by atoms with Crippen LogP contribution in [-0.2, 0) is 0 Å². The van der Waals surface area contributed by atoms with E-state index in [1.807, 2.05) is 37.3 Å². The highest BCUT2D eigenvalue weighted by molar-refractivity contribution is 5.53. The maximum absolute atomic E-state index is 9.79. The minimum atomic E-state index is 0.104. The number of ether oxygens (including phenoxy) is 2. The van der Waals surface area contributed by atoms with Gasteiger partial charge in [-0.25, -0.2) is 0 Å². The Kier molecular flexibility index (Phi) is 3.19. The van der Waals surface area contributed by atoms with Crippen LogP contribution in [0.3, 0.4) is 0 Å². The molecule has 3 nitrogen and oxygen atoms in total. The Hall–Kier alpha value is -2.16. The molecule has 88 valence electrons. The van der Waals surface area contributed by atoms with Crippen molar-refractivity contribution in [2.75, 3.05) is 7.11 Å². The van der Waals surface area contributed by atoms with Crippen LogP contribution in [0.4, 0.5) is 0 Å². The van der Waals surface area contributed by atoms with Gasteiger partial charge in [0.2, 0.25) is 0 Å². The minimum absolute atomic E-state index is 0.104. The lowest BCUT2D eigenvalue weighted by molar-refractivity contribution is 0.386. The largest absolute Gasteiger partial charge is 0.504 e. The zero-order chi connectivity index (χ0) is 12.3. The number of para-hydroxylation sites is 1. The summed E-state index contributed by atoms with van der Waals surface area (Å²) in [7, 11) is 1.59. The van der Waals surface area contributed by atoms with E-state index in [1.54, 1.807) is 19.2 Å². The quantitative estimate of drug-likeness (QED) is 0.877. The third-order valence-electron chi connectivity index (χ3n) is 2.52. The number of benzene rings is 2. The second-order valence-electron chi connectivity index (χ2n) is 3.66. The summed E-state index contributed by atoms with van der Waals surface area (Å²) in [5.74, 6) is 1.90. The zero-order valence-electron chi connectivity index (χ0n) is 9.81. The first-order chi connectivity index (χ1) is 8.22. The molecule has 0 heterocycles. The van der Waals surface area contributed by atoms with Crippen molar-refractivity contribution >= 4 is 0 Å². The van der Waals surface area contributed by atoms with Gasteiger partial charge >= 0.3 is 0 Å². The minimum Gasteiger partial charge on any atom is -0.504 e. The van der Waals surface area contributed by atoms with E-state index < -0.39 is 0 Å². The number of hydrogen-bond acceptors (Lipinski definition) is 3. The van der Waals surface area contributed by atoms with Gasteiger partial charge in [-0.05, 0) is 31.2 Å². The molecule has 0 amide bonds. The zero-order valence-corrected chi connectivity index (χ0v) is 9.81. The molecule has 1 N–H and O–H groups in total. The molecule has 2 aromatic carbocycles. The van der Waals surface area contributed by atoms with E-state index in [0.717, 1.165) is 5.56 Å². The van der Waals surface area contributed by atoms with E-state index >= 15 is 0 Å². The second kappa shape index (κ2) is 4.78. The van der Waals surface area contributed by atoms with E-state index in [1.165, 1.54) is 0 Å². The number of phenolic OH excluding ortho intramolecular Hbond substituents is 1. The third-order valence-corrected chi connectivity index (χ3v) is 2.52. The molecule has 3 heteroatoms. The second-order valence-corrected chi connectivity index (χ2v) is 3.66. The molecule has 0 aliphatic heterocycles. The molecule has 0 aliphatic carbocycles. The highest BCUT2D eigenvalue weighted by Gasteiger charge is 2.11. The van der Waals surface area contributed by atoms with Gasteiger partial charge < -0.3 is 14.6 Å². The molecule has 0 aliphatic rings. The van der Waals surface area contributed by atoms with Gasteiger partial charge in [-0.1, -0.05) is 18.2 Å². The van der Waals surface area contributed by atoms with Gasteiger partial charge in [0.15, 0.2) is 11.5 Å². The molecule has 0 bridgehead atoms. The standard InChI is InChI=1S/C14H14O3/c1-10-13(16-2)9-8-12(15)14(10)17-11-6-4-3-5-7-11/h3-9,15H,1-2H3. The summed E-state index contributed by atoms with van der Waals surface area (Å²) in [6.45, 7) is 1.84. The van der Waals surface area contributed by atoms with Crippen LogP contribution in [-0.4, -0.2) is 12.2 Å². The first-order valence-corrected chi connectivity index (χ1v) is 5.32. The van der Waals surface area contributed by atoms with Crippen molar-refractivity contribution in [2.24, 2.45) is 0 Å². The van der Waals surface area contributed by atoms with Crippen molar-refractivity contribution in [3.05, 3.63) is 48.0 Å². The van der Waals surface area contributed by atoms with Crippen LogP contribution in [0.1, 0.15) is 5.56 Å². The summed E-state index contributed by atoms with van der Waals surface area (Å²) in [5.41, 5.74) is 0.774. The van der Waals surface area contributed by atoms with E-state index in [0.29, 0.717) is 17.2 Å². The van der Waals surface area contributed by atoms with Crippen LogP contribution in [0.15, 0.2) is 42.5 Å². The third kappa shape index (κ3) is 2.33. The van der Waals surface area contributed by atoms with E-state index in [-0.39, 0.29) is 5.75 Å². The van der Waals surface area contributed by atoms with Gasteiger partial charge in [0.25, 0.3) is 0 Å². The SMILES string of the molecule is COc1ccc(O)c(Oc2ccccc2)c1C. The molecule has 2 aromatic rings. The maximum Gasteiger partial charge on any atom is 0.175 e. The van der Waals surface area contributed by atoms with Crippen LogP contribution >= 0.6 is 0 Å². The normalized spacial score (nSPS) is 10.0. The molecule has 17 heavy (non-hydrogen) atoms. The van der Waals surface area contributed by atoms with Crippen molar-refractivity contribution in [1.29, 1.82) is 0 Å². The van der Waals surface area contributed by atoms with Gasteiger partial charge in [-0.15, -0.1) is 0 Å². The Morgan fingerprint density at radius 1 is 1.00 bits per heavy atom. The number of aromatic hydroxyl groups is 1. The number of rotatable bonds is 3. The van der Waals surface area contributed by atoms with E-state index in [2.05, 4.69) is 0 Å². The van der Waals surface area contributed by atoms with E-state index in [4.69, 9.17) is 9.47 Å². The van der Waals surface area contributed by atoms with Crippen molar-refractivity contribution in [2.45, 2.75) is 6.92 Å². The first-order valence-electron chi connectivity index (χ1n) is 5.32. The molecule has 0 fully saturated rings. The van der Waals surface area contributed by atoms with Crippen molar-refractivity contribution < 1.29 is 14.6 Å². The van der Waals surface area contributed by atoms with Gasteiger partial charge in [0, 0.05) is 5.56 Å². The van der Waals surface area contributed by atoms with Crippen LogP contribution in [0.2, 0.25) is 0 Å². The van der Waals surface area contributed by atoms with Crippen LogP contribution < -0.4 is 9.47 Å². The fraction of sp³-hybridized carbons (Fsp3) is 0.143. The molecule has 0 saturated carbocycles. The van der Waals surface area contributed by atoms with Crippen molar-refractivity contribution in [3.8, 4) is 23.0 Å². The number of phenols is 1. The average Bonchev–Trinajstić information content (AvgIpc) is 2.36. The summed E-state index contributed by atoms with van der Waals surface area (Å²) in [5, 5.41) is 9.79. The molecule has 0 aromatic heterocycles. The average molecular weight is 230 g/mol. The van der Waals surface area contributed by atoms with Crippen molar-refractivity contribution in [3.63, 3.8) is 0 Å². The monoisotopic (exact) mass is 230 g/mol. The molecule has 0 spiro atoms. The highest BCUT2D eigenvalue weighted by atomic mass is 16.5. The Bertz CT molecular complexity index is 506. The van der Waals surface area contributed by atoms with Crippen LogP contribution in [0, 0.1) is 6.92 Å². The Morgan fingerprint density at radius 3 is 2.35 bits per heavy atom. The van der Waals surface area contributed by atoms with Crippen LogP contribution in [0.5, 0.6) is 23.0 Å². The van der Waals surface area contributed by atoms with Gasteiger partial charge in [0.1, 0.15) is 11.5 Å². The van der Waals surface area contributed by atoms with Gasteiger partial charge in [-0.3, -0.25) is 0 Å². The molecule has 0 atom stereocenters. The Morgan fingerprint density at radius 2 is 1.71 bits per heavy atom. The Labute approximate surface area is 100 Å². The summed E-state index contributed by atoms with van der Waals surface area (Å²) in [6.07, 6.45) is 0. The van der Waals surface area contributed by atoms with Gasteiger partial charge in [0.05, 0.1) is 7.11 Å². The van der Waals surface area contributed by atoms with E-state index in [9.17, 15) is 5.11 Å². The molecule has 0 radical (unpaired) electrons. The predicted octanol–water partition coefficient (Wildman–Crippen LogP) is 3.50. The first kappa shape index (κ1) is 11.3. The molecular weight excluding hydrogens is 216 g/mol. The summed E-state index contributed by atoms with van der Waals surface area (Å²) in [4.78, 5) is 0. The molecular formula is C14H14O3. The lowest BCUT2D eigenvalue weighted by Crippen LogP contribution is -1.92. The molecule has 2 rings (SSSR count). The smallest absolute Gasteiger partial charge is 0.175 e. The lowest BCUT2D eigenvalue weighted by Gasteiger charge is -2.13. The molecule has 0 saturated heterocycles. The number of hydrogen-bond donors (Lipinski definition) is 1. The van der Waals surface area contributed by atoms with Crippen molar-refractivity contribution in [1.82, 2.24) is 0 Å². The Balaban J connectivity index is 2.38. The number of methoxy groups -OCH3 is 1. The highest BCUT2D eigenvalue weighted by Crippen LogP contribution is 2.38. The predicted molar refractivity (Wildman–Crippen MR) is 65.9 cm³/mol. The van der Waals surface area contributed by atoms with Crippen LogP contribution in [0.25, 0.3) is 0 Å². The topological polar surface area (TPSA) is 38.7 Å². The molecule has 0 unspecified atom stereocenters. The summed E-state index contributed by atoms with van der Waals surface area (Å²) >= 11 is 0. The lowest BCUT2D eigenvalue weighted by atomic mass is 10.2. The summed E-state index contributed by atoms with van der Waals surface area (Å²) < 4.78 is 10.8. The maximum atomic E-state index is 9.79. The fourth-order valence-electron chi connectivity index (χ4n) is 1.62. The summed E-state index contributed by atoms with van der Waals surface area (Å²) in [6, 6.07) is 12.6.